The molecule has 0 aromatic heterocycles. The molecule has 1 aromatic carbocycles. The Morgan fingerprint density at radius 2 is 2.05 bits per heavy atom. The Kier molecular flexibility index (Phi) is 4.27. The lowest BCUT2D eigenvalue weighted by Gasteiger charge is -2.23. The van der Waals surface area contributed by atoms with Crippen molar-refractivity contribution in [1.29, 1.82) is 0 Å². The van der Waals surface area contributed by atoms with E-state index in [9.17, 15) is 9.59 Å². The van der Waals surface area contributed by atoms with Crippen LogP contribution in [0.3, 0.4) is 0 Å². The number of likely N-dealkylation sites (tertiary alicyclic amines) is 1. The topological polar surface area (TPSA) is 66.8 Å². The van der Waals surface area contributed by atoms with Gasteiger partial charge in [0.05, 0.1) is 11.7 Å². The number of hydrogen-bond donors (Lipinski definition) is 1. The number of amides is 1. The predicted molar refractivity (Wildman–Crippen MR) is 73.9 cm³/mol. The molecule has 1 aliphatic heterocycles. The Labute approximate surface area is 118 Å². The molecule has 1 unspecified atom stereocenters. The number of para-hydroxylation sites is 1. The van der Waals surface area contributed by atoms with Crippen LogP contribution >= 0.6 is 0 Å². The highest BCUT2D eigenvalue weighted by Gasteiger charge is 2.35. The van der Waals surface area contributed by atoms with Gasteiger partial charge in [-0.2, -0.15) is 0 Å². The number of carbonyl (C=O) groups is 2. The lowest BCUT2D eigenvalue weighted by atomic mass is 10.1. The molecule has 1 N–H and O–H groups in total. The van der Waals surface area contributed by atoms with Crippen molar-refractivity contribution in [1.82, 2.24) is 4.90 Å². The molecule has 108 valence electrons. The zero-order chi connectivity index (χ0) is 14.7. The van der Waals surface area contributed by atoms with Gasteiger partial charge in [0, 0.05) is 6.54 Å². The van der Waals surface area contributed by atoms with Crippen molar-refractivity contribution in [2.24, 2.45) is 0 Å². The van der Waals surface area contributed by atoms with Gasteiger partial charge < -0.3 is 14.7 Å². The molecular weight excluding hydrogens is 258 g/mol. The van der Waals surface area contributed by atoms with E-state index in [1.54, 1.807) is 24.3 Å². The molecule has 2 rings (SSSR count). The zero-order valence-corrected chi connectivity index (χ0v) is 11.7. The smallest absolute Gasteiger partial charge is 0.326 e. The third-order valence-electron chi connectivity index (χ3n) is 3.28. The van der Waals surface area contributed by atoms with Gasteiger partial charge in [-0.15, -0.1) is 0 Å². The minimum Gasteiger partial charge on any atom is -0.490 e. The van der Waals surface area contributed by atoms with E-state index in [2.05, 4.69) is 0 Å². The van der Waals surface area contributed by atoms with Crippen molar-refractivity contribution < 1.29 is 19.4 Å². The molecule has 0 saturated carbocycles. The molecule has 0 spiro atoms. The first-order valence-electron chi connectivity index (χ1n) is 6.80. The number of hydrogen-bond acceptors (Lipinski definition) is 3. The number of aliphatic carboxylic acids is 1. The summed E-state index contributed by atoms with van der Waals surface area (Å²) < 4.78 is 5.63. The number of benzene rings is 1. The Bertz CT molecular complexity index is 512. The summed E-state index contributed by atoms with van der Waals surface area (Å²) in [6.45, 7) is 4.25. The Hall–Kier alpha value is -2.04. The second-order valence-electron chi connectivity index (χ2n) is 5.16. The number of ether oxygens (including phenoxy) is 1. The van der Waals surface area contributed by atoms with Gasteiger partial charge in [0.15, 0.2) is 0 Å². The number of nitrogens with zero attached hydrogens (tertiary/aromatic N) is 1. The summed E-state index contributed by atoms with van der Waals surface area (Å²) >= 11 is 0. The molecule has 1 aromatic rings. The number of rotatable bonds is 4. The summed E-state index contributed by atoms with van der Waals surface area (Å²) in [5.41, 5.74) is 0.425. The van der Waals surface area contributed by atoms with Crippen LogP contribution in [0.1, 0.15) is 37.0 Å². The average molecular weight is 277 g/mol. The maximum atomic E-state index is 12.5. The lowest BCUT2D eigenvalue weighted by molar-refractivity contribution is -0.141. The van der Waals surface area contributed by atoms with Crippen LogP contribution in [-0.4, -0.2) is 40.6 Å². The zero-order valence-electron chi connectivity index (χ0n) is 11.7. The fraction of sp³-hybridized carbons (Fsp3) is 0.467. The standard InChI is InChI=1S/C15H19NO4/c1-10(2)20-13-8-4-3-6-11(13)14(17)16-9-5-7-12(16)15(18)19/h3-4,6,8,10,12H,5,7,9H2,1-2H3,(H,18,19). The van der Waals surface area contributed by atoms with Gasteiger partial charge in [-0.25, -0.2) is 4.79 Å². The quantitative estimate of drug-likeness (QED) is 0.915. The third kappa shape index (κ3) is 2.92. The van der Waals surface area contributed by atoms with Crippen LogP contribution in [0.15, 0.2) is 24.3 Å². The van der Waals surface area contributed by atoms with Crippen LogP contribution < -0.4 is 4.74 Å². The first kappa shape index (κ1) is 14.4. The predicted octanol–water partition coefficient (Wildman–Crippen LogP) is 2.16. The van der Waals surface area contributed by atoms with E-state index in [0.29, 0.717) is 24.3 Å². The number of carboxylic acids is 1. The van der Waals surface area contributed by atoms with Gasteiger partial charge in [0.1, 0.15) is 11.8 Å². The highest BCUT2D eigenvalue weighted by molar-refractivity contribution is 5.99. The molecule has 1 amide bonds. The number of carbonyl (C=O) groups excluding carboxylic acids is 1. The van der Waals surface area contributed by atoms with Crippen molar-refractivity contribution >= 4 is 11.9 Å². The Morgan fingerprint density at radius 3 is 2.70 bits per heavy atom. The summed E-state index contributed by atoms with van der Waals surface area (Å²) in [6.07, 6.45) is 1.18. The highest BCUT2D eigenvalue weighted by Crippen LogP contribution is 2.25. The molecule has 20 heavy (non-hydrogen) atoms. The molecule has 1 atom stereocenters. The van der Waals surface area contributed by atoms with E-state index >= 15 is 0 Å². The Balaban J connectivity index is 2.27. The Morgan fingerprint density at radius 1 is 1.35 bits per heavy atom. The van der Waals surface area contributed by atoms with Gasteiger partial charge in [-0.1, -0.05) is 12.1 Å². The summed E-state index contributed by atoms with van der Waals surface area (Å²) in [7, 11) is 0. The summed E-state index contributed by atoms with van der Waals surface area (Å²) in [6, 6.07) is 6.24. The van der Waals surface area contributed by atoms with Crippen molar-refractivity contribution in [2.75, 3.05) is 6.54 Å². The number of carboxylic acid groups (broad SMARTS) is 1. The maximum Gasteiger partial charge on any atom is 0.326 e. The van der Waals surface area contributed by atoms with E-state index < -0.39 is 12.0 Å². The molecule has 0 bridgehead atoms. The van der Waals surface area contributed by atoms with Crippen LogP contribution in [0.25, 0.3) is 0 Å². The molecule has 1 heterocycles. The minimum atomic E-state index is -0.946. The fourth-order valence-electron chi connectivity index (χ4n) is 2.42. The van der Waals surface area contributed by atoms with Gasteiger partial charge in [0.2, 0.25) is 0 Å². The molecule has 1 saturated heterocycles. The molecule has 0 aliphatic carbocycles. The van der Waals surface area contributed by atoms with E-state index in [-0.39, 0.29) is 12.0 Å². The van der Waals surface area contributed by atoms with Gasteiger partial charge in [-0.3, -0.25) is 4.79 Å². The third-order valence-corrected chi connectivity index (χ3v) is 3.28. The van der Waals surface area contributed by atoms with Crippen LogP contribution in [0.5, 0.6) is 5.75 Å². The largest absolute Gasteiger partial charge is 0.490 e. The van der Waals surface area contributed by atoms with E-state index in [4.69, 9.17) is 9.84 Å². The van der Waals surface area contributed by atoms with Crippen molar-refractivity contribution in [2.45, 2.75) is 38.8 Å². The SMILES string of the molecule is CC(C)Oc1ccccc1C(=O)N1CCCC1C(=O)O. The van der Waals surface area contributed by atoms with Gasteiger partial charge >= 0.3 is 5.97 Å². The van der Waals surface area contributed by atoms with E-state index in [1.807, 2.05) is 13.8 Å². The molecular formula is C15H19NO4. The molecule has 0 radical (unpaired) electrons. The molecule has 1 aliphatic rings. The summed E-state index contributed by atoms with van der Waals surface area (Å²) in [5, 5.41) is 9.17. The van der Waals surface area contributed by atoms with E-state index in [0.717, 1.165) is 6.42 Å². The first-order valence-corrected chi connectivity index (χ1v) is 6.80. The second kappa shape index (κ2) is 5.94. The van der Waals surface area contributed by atoms with Crippen LogP contribution in [0, 0.1) is 0 Å². The fourth-order valence-corrected chi connectivity index (χ4v) is 2.42. The normalized spacial score (nSPS) is 18.4. The minimum absolute atomic E-state index is 0.0437. The van der Waals surface area contributed by atoms with Crippen LogP contribution in [-0.2, 0) is 4.79 Å². The molecule has 1 fully saturated rings. The maximum absolute atomic E-state index is 12.5. The molecule has 5 heteroatoms. The van der Waals surface area contributed by atoms with Crippen molar-refractivity contribution in [3.63, 3.8) is 0 Å². The van der Waals surface area contributed by atoms with Gasteiger partial charge in [0.25, 0.3) is 5.91 Å². The average Bonchev–Trinajstić information content (AvgIpc) is 2.87. The van der Waals surface area contributed by atoms with Crippen molar-refractivity contribution in [3.05, 3.63) is 29.8 Å². The monoisotopic (exact) mass is 277 g/mol. The highest BCUT2D eigenvalue weighted by atomic mass is 16.5. The second-order valence-corrected chi connectivity index (χ2v) is 5.16. The van der Waals surface area contributed by atoms with E-state index in [1.165, 1.54) is 4.90 Å². The van der Waals surface area contributed by atoms with Gasteiger partial charge in [-0.05, 0) is 38.8 Å². The molecule has 5 nitrogen and oxygen atoms in total. The first-order chi connectivity index (χ1) is 9.50. The van der Waals surface area contributed by atoms with Crippen LogP contribution in [0.4, 0.5) is 0 Å². The summed E-state index contributed by atoms with van der Waals surface area (Å²) in [4.78, 5) is 25.2. The van der Waals surface area contributed by atoms with Crippen molar-refractivity contribution in [3.8, 4) is 5.75 Å². The van der Waals surface area contributed by atoms with Crippen LogP contribution in [0.2, 0.25) is 0 Å². The lowest BCUT2D eigenvalue weighted by Crippen LogP contribution is -2.40. The summed E-state index contributed by atoms with van der Waals surface area (Å²) in [5.74, 6) is -0.715.